The van der Waals surface area contributed by atoms with Crippen LogP contribution in [0.25, 0.3) is 22.3 Å². The Hall–Kier alpha value is -5.48. The van der Waals surface area contributed by atoms with Crippen LogP contribution >= 0.6 is 23.5 Å². The third-order valence-electron chi connectivity index (χ3n) is 9.46. The average molecular weight is 845 g/mol. The first-order valence-electron chi connectivity index (χ1n) is 19.0. The van der Waals surface area contributed by atoms with E-state index in [0.717, 1.165) is 85.1 Å². The quantitative estimate of drug-likeness (QED) is 0.0910. The molecule has 4 N–H and O–H groups in total. The number of ether oxygens (including phenoxy) is 2. The van der Waals surface area contributed by atoms with Gasteiger partial charge in [0.1, 0.15) is 57.6 Å². The maximum atomic E-state index is 11.6. The van der Waals surface area contributed by atoms with Gasteiger partial charge in [-0.15, -0.1) is 23.5 Å². The summed E-state index contributed by atoms with van der Waals surface area (Å²) in [5.74, 6) is 2.69. The predicted octanol–water partition coefficient (Wildman–Crippen LogP) is 2.36. The van der Waals surface area contributed by atoms with Crippen LogP contribution in [0.2, 0.25) is 0 Å². The summed E-state index contributed by atoms with van der Waals surface area (Å²) in [6.07, 6.45) is 9.44. The first-order valence-corrected chi connectivity index (χ1v) is 21.0. The number of hydrogen-bond acceptors (Lipinski definition) is 18. The van der Waals surface area contributed by atoms with Crippen LogP contribution in [-0.2, 0) is 19.1 Å². The van der Waals surface area contributed by atoms with Crippen molar-refractivity contribution in [3.8, 4) is 0 Å². The number of nitrogens with zero attached hydrogens (tertiary/aromatic N) is 12. The molecule has 2 unspecified atom stereocenters. The number of carbonyl (C=O) groups is 2. The van der Waals surface area contributed by atoms with Crippen LogP contribution in [0.15, 0.2) is 84.2 Å². The van der Waals surface area contributed by atoms with E-state index in [-0.39, 0.29) is 29.6 Å². The van der Waals surface area contributed by atoms with Crippen molar-refractivity contribution in [1.82, 2.24) is 59.6 Å². The lowest BCUT2D eigenvalue weighted by Gasteiger charge is -2.36. The van der Waals surface area contributed by atoms with E-state index in [4.69, 9.17) is 9.47 Å². The summed E-state index contributed by atoms with van der Waals surface area (Å²) in [5, 5.41) is 1.57. The molecule has 0 spiro atoms. The molecule has 0 amide bonds. The van der Waals surface area contributed by atoms with E-state index in [1.165, 1.54) is 50.0 Å². The molecule has 0 saturated carbocycles. The van der Waals surface area contributed by atoms with Crippen molar-refractivity contribution in [1.29, 1.82) is 0 Å². The molecule has 2 saturated heterocycles. The Balaban J connectivity index is 0.000000195. The smallest absolute Gasteiger partial charge is 0.302 e. The number of H-pyrrole nitrogens is 2. The number of hydrogen-bond donors (Lipinski definition) is 2. The molecular formula is C38H48N14O5S2. The number of anilines is 2. The van der Waals surface area contributed by atoms with Crippen LogP contribution in [0.3, 0.4) is 0 Å². The molecule has 0 aliphatic carbocycles. The second-order valence-corrected chi connectivity index (χ2v) is 15.6. The predicted molar refractivity (Wildman–Crippen MR) is 225 cm³/mol. The number of aromatic amines is 2. The van der Waals surface area contributed by atoms with Crippen molar-refractivity contribution in [3.63, 3.8) is 0 Å². The lowest BCUT2D eigenvalue weighted by atomic mass is 10.2. The molecule has 6 aromatic heterocycles. The summed E-state index contributed by atoms with van der Waals surface area (Å²) in [4.78, 5) is 72.8. The zero-order valence-electron chi connectivity index (χ0n) is 32.9. The van der Waals surface area contributed by atoms with Gasteiger partial charge in [0.15, 0.2) is 11.3 Å². The number of thioether (sulfide) groups is 2. The van der Waals surface area contributed by atoms with Gasteiger partial charge in [0.25, 0.3) is 0 Å². The van der Waals surface area contributed by atoms with Gasteiger partial charge in [0.2, 0.25) is 0 Å². The molecule has 2 atom stereocenters. The van der Waals surface area contributed by atoms with Crippen molar-refractivity contribution in [2.24, 2.45) is 0 Å². The van der Waals surface area contributed by atoms with E-state index in [0.29, 0.717) is 35.9 Å². The average Bonchev–Trinajstić information content (AvgIpc) is 3.94. The Kier molecular flexibility index (Phi) is 15.7. The number of nitrogens with one attached hydrogen (secondary N) is 2. The minimum Gasteiger partial charge on any atom is -0.460 e. The summed E-state index contributed by atoms with van der Waals surface area (Å²) in [5.41, 5.74) is 2.89. The number of aromatic nitrogens is 10. The number of fused-ring (bicyclic) bond motifs is 2. The molecular weight excluding hydrogens is 797 g/mol. The molecule has 8 rings (SSSR count). The van der Waals surface area contributed by atoms with Crippen LogP contribution in [0.5, 0.6) is 0 Å². The van der Waals surface area contributed by atoms with E-state index >= 15 is 0 Å². The normalized spacial score (nSPS) is 15.8. The van der Waals surface area contributed by atoms with Crippen molar-refractivity contribution in [2.45, 2.75) is 36.1 Å². The molecule has 6 aromatic rings. The maximum Gasteiger partial charge on any atom is 0.302 e. The molecule has 0 aromatic carbocycles. The van der Waals surface area contributed by atoms with E-state index in [9.17, 15) is 9.59 Å². The second-order valence-electron chi connectivity index (χ2n) is 13.6. The summed E-state index contributed by atoms with van der Waals surface area (Å²) < 4.78 is 11.2. The second kappa shape index (κ2) is 21.5. The molecule has 0 bridgehead atoms. The van der Waals surface area contributed by atoms with Gasteiger partial charge >= 0.3 is 11.9 Å². The molecule has 0 radical (unpaired) electrons. The summed E-state index contributed by atoms with van der Waals surface area (Å²) >= 11 is 3.07. The maximum absolute atomic E-state index is 11.6. The van der Waals surface area contributed by atoms with Gasteiger partial charge < -0.3 is 34.7 Å². The fourth-order valence-corrected chi connectivity index (χ4v) is 8.58. The SMILES string of the molecule is CC(=O)OC(CSc1ncnc2[nH]cnc12)CN1CCN(c2ccccn2)CC1.CC(=O)OC(CSc1ncnc2[nH]cnc12)CN1CCN(c2ccccn2)CC1.O. The van der Waals surface area contributed by atoms with Gasteiger partial charge in [-0.3, -0.25) is 19.4 Å². The number of pyridine rings is 2. The number of piperazine rings is 2. The van der Waals surface area contributed by atoms with Gasteiger partial charge in [0.05, 0.1) is 12.7 Å². The van der Waals surface area contributed by atoms with E-state index in [2.05, 4.69) is 69.4 Å². The van der Waals surface area contributed by atoms with Crippen LogP contribution < -0.4 is 9.80 Å². The van der Waals surface area contributed by atoms with Crippen LogP contribution in [0, 0.1) is 0 Å². The summed E-state index contributed by atoms with van der Waals surface area (Å²) in [6, 6.07) is 11.9. The van der Waals surface area contributed by atoms with E-state index in [1.54, 1.807) is 12.7 Å². The molecule has 59 heavy (non-hydrogen) atoms. The highest BCUT2D eigenvalue weighted by Crippen LogP contribution is 2.25. The van der Waals surface area contributed by atoms with E-state index < -0.39 is 0 Å². The Labute approximate surface area is 349 Å². The zero-order chi connectivity index (χ0) is 40.1. The third-order valence-corrected chi connectivity index (χ3v) is 11.7. The Morgan fingerprint density at radius 3 is 1.41 bits per heavy atom. The zero-order valence-corrected chi connectivity index (χ0v) is 34.5. The van der Waals surface area contributed by atoms with Crippen LogP contribution in [-0.4, -0.2) is 166 Å². The molecule has 312 valence electrons. The number of imidazole rings is 2. The van der Waals surface area contributed by atoms with E-state index in [1.807, 2.05) is 48.8 Å². The first kappa shape index (κ1) is 43.1. The molecule has 2 aliphatic heterocycles. The largest absolute Gasteiger partial charge is 0.460 e. The lowest BCUT2D eigenvalue weighted by molar-refractivity contribution is -0.147. The Bertz CT molecular complexity index is 2050. The van der Waals surface area contributed by atoms with Gasteiger partial charge in [-0.1, -0.05) is 12.1 Å². The van der Waals surface area contributed by atoms with Gasteiger partial charge in [-0.25, -0.2) is 39.9 Å². The molecule has 2 fully saturated rings. The topological polar surface area (TPSA) is 232 Å². The molecule has 21 heteroatoms. The van der Waals surface area contributed by atoms with Gasteiger partial charge in [0, 0.05) is 103 Å². The molecule has 19 nitrogen and oxygen atoms in total. The van der Waals surface area contributed by atoms with Crippen molar-refractivity contribution < 1.29 is 24.5 Å². The van der Waals surface area contributed by atoms with Crippen molar-refractivity contribution in [3.05, 3.63) is 74.1 Å². The number of esters is 2. The summed E-state index contributed by atoms with van der Waals surface area (Å²) in [6.45, 7) is 11.5. The number of rotatable bonds is 14. The Morgan fingerprint density at radius 2 is 1.03 bits per heavy atom. The minimum absolute atomic E-state index is 0. The standard InChI is InChI=1S/2C19H23N7O2S.H2O/c2*1-14(27)28-15(11-29-19-17-18(22-12-21-17)23-13-24-19)10-25-6-8-26(9-7-25)16-4-2-3-5-20-16;/h2*2-5,12-13,15H,6-11H2,1H3,(H,21,22,23,24);1H2. The fourth-order valence-electron chi connectivity index (χ4n) is 6.73. The lowest BCUT2D eigenvalue weighted by Crippen LogP contribution is -2.49. The first-order chi connectivity index (χ1) is 28.4. The summed E-state index contributed by atoms with van der Waals surface area (Å²) in [7, 11) is 0. The van der Waals surface area contributed by atoms with Crippen LogP contribution in [0.1, 0.15) is 13.8 Å². The number of carbonyl (C=O) groups excluding carboxylic acids is 2. The Morgan fingerprint density at radius 1 is 0.610 bits per heavy atom. The van der Waals surface area contributed by atoms with Gasteiger partial charge in [-0.05, 0) is 24.3 Å². The highest BCUT2D eigenvalue weighted by Gasteiger charge is 2.25. The highest BCUT2D eigenvalue weighted by molar-refractivity contribution is 7.99. The van der Waals surface area contributed by atoms with Crippen LogP contribution in [0.4, 0.5) is 11.6 Å². The monoisotopic (exact) mass is 844 g/mol. The molecule has 8 heterocycles. The third kappa shape index (κ3) is 12.3. The van der Waals surface area contributed by atoms with Crippen molar-refractivity contribution >= 4 is 69.4 Å². The van der Waals surface area contributed by atoms with Gasteiger partial charge in [-0.2, -0.15) is 0 Å². The van der Waals surface area contributed by atoms with Crippen molar-refractivity contribution in [2.75, 3.05) is 86.8 Å². The minimum atomic E-state index is -0.268. The fraction of sp³-hybridized carbons (Fsp3) is 0.421. The highest BCUT2D eigenvalue weighted by atomic mass is 32.2. The molecule has 2 aliphatic rings.